The summed E-state index contributed by atoms with van der Waals surface area (Å²) in [5.41, 5.74) is 1.06. The molecule has 0 spiro atoms. The average Bonchev–Trinajstić information content (AvgIpc) is 2.85. The van der Waals surface area contributed by atoms with E-state index in [1.807, 2.05) is 0 Å². The van der Waals surface area contributed by atoms with Crippen LogP contribution in [0.1, 0.15) is 51.8 Å². The van der Waals surface area contributed by atoms with Crippen LogP contribution in [0.3, 0.4) is 0 Å². The lowest BCUT2D eigenvalue weighted by atomic mass is 9.99. The topological polar surface area (TPSA) is 69.6 Å². The normalized spacial score (nSPS) is 18.5. The molecule has 0 amide bonds. The average molecular weight is 399 g/mol. The first kappa shape index (κ1) is 11.9. The van der Waals surface area contributed by atoms with Crippen molar-refractivity contribution in [2.45, 2.75) is 25.8 Å². The number of carboxylic acids is 1. The first-order valence-electron chi connectivity index (χ1n) is 13.5. The van der Waals surface area contributed by atoms with Gasteiger partial charge >= 0.3 is 5.97 Å². The molecule has 0 saturated heterocycles. The van der Waals surface area contributed by atoms with Gasteiger partial charge in [-0.3, -0.25) is 0 Å². The van der Waals surface area contributed by atoms with E-state index in [0.29, 0.717) is 16.7 Å². The highest BCUT2D eigenvalue weighted by molar-refractivity contribution is 5.89. The van der Waals surface area contributed by atoms with E-state index < -0.39 is 61.2 Å². The molecule has 0 radical (unpaired) electrons. The third kappa shape index (κ3) is 6.01. The Kier molecular flexibility index (Phi) is 4.11. The maximum Gasteiger partial charge on any atom is 0.335 e. The zero-order chi connectivity index (χ0) is 28.6. The molecule has 3 aromatic carbocycles. The fourth-order valence-corrected chi connectivity index (χ4v) is 2.71. The van der Waals surface area contributed by atoms with Crippen molar-refractivity contribution in [2.24, 2.45) is 0 Å². The molecule has 4 nitrogen and oxygen atoms in total. The summed E-state index contributed by atoms with van der Waals surface area (Å²) in [6, 6.07) is 10.6. The molecule has 150 valence electrons. The maximum atomic E-state index is 11.3. The van der Waals surface area contributed by atoms with Crippen LogP contribution in [-0.4, -0.2) is 29.2 Å². The summed E-state index contributed by atoms with van der Waals surface area (Å²) in [7, 11) is 0. The number of aliphatic hydroxyl groups is 1. The van der Waals surface area contributed by atoms with Crippen molar-refractivity contribution in [3.8, 4) is 11.1 Å². The molecule has 1 atom stereocenters. The van der Waals surface area contributed by atoms with Crippen molar-refractivity contribution < 1.29 is 27.3 Å². The molecule has 0 aliphatic rings. The van der Waals surface area contributed by atoms with E-state index in [9.17, 15) is 15.0 Å². The summed E-state index contributed by atoms with van der Waals surface area (Å²) in [5, 5.41) is 22.3. The zero-order valence-corrected chi connectivity index (χ0v) is 15.8. The first-order chi connectivity index (χ1) is 17.5. The van der Waals surface area contributed by atoms with E-state index in [1.165, 1.54) is 19.1 Å². The van der Waals surface area contributed by atoms with Crippen LogP contribution in [0.15, 0.2) is 72.7 Å². The van der Waals surface area contributed by atoms with E-state index in [1.54, 1.807) is 36.4 Å². The van der Waals surface area contributed by atoms with Crippen LogP contribution in [0.5, 0.6) is 0 Å². The standard InChI is InChI=1S/C25H27NO3/c1-18-6-2-11-22(14-18)24(27)17-26-13-5-8-19-7-3-9-20(15-19)21-10-4-12-23(16-21)25(28)29/h2-4,6-7,9-12,14-16,24,26-27H,5,8,13,17H2,1H3,(H,28,29)/t24-/m0/s1/i2D,5D2,6D,11D,14D,17D2,24D. The lowest BCUT2D eigenvalue weighted by Crippen LogP contribution is -2.22. The molecule has 29 heavy (non-hydrogen) atoms. The maximum absolute atomic E-state index is 11.3. The summed E-state index contributed by atoms with van der Waals surface area (Å²) in [4.78, 5) is 11.3. The molecule has 0 saturated carbocycles. The van der Waals surface area contributed by atoms with E-state index in [0.717, 1.165) is 0 Å². The van der Waals surface area contributed by atoms with Gasteiger partial charge in [-0.2, -0.15) is 0 Å². The Balaban J connectivity index is 1.81. The van der Waals surface area contributed by atoms with Gasteiger partial charge in [-0.05, 0) is 60.6 Å². The molecule has 0 aliphatic heterocycles. The fourth-order valence-electron chi connectivity index (χ4n) is 2.71. The van der Waals surface area contributed by atoms with E-state index in [-0.39, 0.29) is 17.5 Å². The molecular formula is C25H27NO3. The number of nitrogens with one attached hydrogen (secondary N) is 1. The highest BCUT2D eigenvalue weighted by atomic mass is 16.4. The van der Waals surface area contributed by atoms with Gasteiger partial charge in [0.05, 0.1) is 18.5 Å². The summed E-state index contributed by atoms with van der Waals surface area (Å²) in [5.74, 6) is -1.08. The molecule has 3 N–H and O–H groups in total. The Hall–Kier alpha value is -2.95. The van der Waals surface area contributed by atoms with E-state index in [4.69, 9.17) is 12.3 Å². The van der Waals surface area contributed by atoms with Gasteiger partial charge in [-0.15, -0.1) is 0 Å². The van der Waals surface area contributed by atoms with Gasteiger partial charge in [0.15, 0.2) is 0 Å². The summed E-state index contributed by atoms with van der Waals surface area (Å²) in [6.07, 6.45) is -5.49. The Morgan fingerprint density at radius 1 is 1.21 bits per heavy atom. The number of hydrogen-bond donors (Lipinski definition) is 3. The minimum absolute atomic E-state index is 0.0911. The predicted molar refractivity (Wildman–Crippen MR) is 116 cm³/mol. The molecular weight excluding hydrogens is 362 g/mol. The molecule has 0 aromatic heterocycles. The van der Waals surface area contributed by atoms with Gasteiger partial charge < -0.3 is 15.5 Å². The molecule has 0 bridgehead atoms. The van der Waals surface area contributed by atoms with Crippen molar-refractivity contribution in [3.63, 3.8) is 0 Å². The number of carbonyl (C=O) groups is 1. The molecule has 4 heteroatoms. The monoisotopic (exact) mass is 398 g/mol. The van der Waals surface area contributed by atoms with Crippen LogP contribution in [-0.2, 0) is 6.42 Å². The fraction of sp³-hybridized carbons (Fsp3) is 0.240. The van der Waals surface area contributed by atoms with Crippen LogP contribution in [0.2, 0.25) is 0 Å². The molecule has 0 aliphatic carbocycles. The minimum atomic E-state index is -3.24. The van der Waals surface area contributed by atoms with Crippen LogP contribution in [0.4, 0.5) is 0 Å². The Morgan fingerprint density at radius 3 is 2.76 bits per heavy atom. The van der Waals surface area contributed by atoms with Gasteiger partial charge in [-0.1, -0.05) is 66.1 Å². The minimum Gasteiger partial charge on any atom is -0.478 e. The van der Waals surface area contributed by atoms with Gasteiger partial charge in [0.2, 0.25) is 0 Å². The van der Waals surface area contributed by atoms with Gasteiger partial charge in [-0.25, -0.2) is 4.79 Å². The highest BCUT2D eigenvalue weighted by Gasteiger charge is 2.07. The summed E-state index contributed by atoms with van der Waals surface area (Å²) in [6.45, 7) is -2.38. The second-order valence-electron chi connectivity index (χ2n) is 6.34. The van der Waals surface area contributed by atoms with Crippen LogP contribution in [0.25, 0.3) is 11.1 Å². The largest absolute Gasteiger partial charge is 0.478 e. The van der Waals surface area contributed by atoms with Crippen molar-refractivity contribution in [2.75, 3.05) is 13.0 Å². The van der Waals surface area contributed by atoms with Crippen LogP contribution < -0.4 is 5.32 Å². The number of benzene rings is 3. The first-order valence-corrected chi connectivity index (χ1v) is 8.96. The summed E-state index contributed by atoms with van der Waals surface area (Å²) < 4.78 is 73.4. The van der Waals surface area contributed by atoms with E-state index >= 15 is 0 Å². The Bertz CT molecular complexity index is 1350. The number of carboxylic acid groups (broad SMARTS) is 1. The summed E-state index contributed by atoms with van der Waals surface area (Å²) >= 11 is 0. The lowest BCUT2D eigenvalue weighted by Gasteiger charge is -2.13. The van der Waals surface area contributed by atoms with Crippen molar-refractivity contribution >= 4 is 5.97 Å². The number of aromatic carboxylic acids is 1. The second-order valence-corrected chi connectivity index (χ2v) is 6.34. The van der Waals surface area contributed by atoms with Gasteiger partial charge in [0.25, 0.3) is 0 Å². The third-order valence-electron chi connectivity index (χ3n) is 4.11. The molecule has 0 heterocycles. The second kappa shape index (κ2) is 10.0. The third-order valence-corrected chi connectivity index (χ3v) is 4.11. The van der Waals surface area contributed by atoms with Crippen molar-refractivity contribution in [3.05, 3.63) is 95.0 Å². The number of rotatable bonds is 9. The lowest BCUT2D eigenvalue weighted by molar-refractivity contribution is 0.0697. The predicted octanol–water partition coefficient (Wildman–Crippen LogP) is 4.62. The van der Waals surface area contributed by atoms with Crippen molar-refractivity contribution in [1.29, 1.82) is 0 Å². The SMILES string of the molecule is [2H]c1c([2H])c(C)c([2H])c([C@@]([2H])(O)C([2H])([2H])NCC([2H])([2H])Cc2cccc(-c3cccc(C(=O)O)c3)c2)c1[2H]. The van der Waals surface area contributed by atoms with E-state index in [2.05, 4.69) is 5.32 Å². The van der Waals surface area contributed by atoms with Crippen LogP contribution >= 0.6 is 0 Å². The van der Waals surface area contributed by atoms with Crippen LogP contribution in [0, 0.1) is 6.92 Å². The Morgan fingerprint density at radius 2 is 1.97 bits per heavy atom. The quantitative estimate of drug-likeness (QED) is 0.492. The molecule has 0 unspecified atom stereocenters. The Labute approximate surface area is 184 Å². The zero-order valence-electron chi connectivity index (χ0n) is 24.8. The molecule has 3 rings (SSSR count). The van der Waals surface area contributed by atoms with Crippen molar-refractivity contribution in [1.82, 2.24) is 5.32 Å². The molecule has 3 aromatic rings. The van der Waals surface area contributed by atoms with Gasteiger partial charge in [0, 0.05) is 12.0 Å². The highest BCUT2D eigenvalue weighted by Crippen LogP contribution is 2.22. The number of aryl methyl sites for hydroxylation is 1. The number of hydrogen-bond acceptors (Lipinski definition) is 3. The smallest absolute Gasteiger partial charge is 0.335 e. The molecule has 0 fully saturated rings. The van der Waals surface area contributed by atoms with Gasteiger partial charge in [0.1, 0.15) is 0 Å².